The molecule has 1 aromatic rings. The highest BCUT2D eigenvalue weighted by Gasteiger charge is 2.15. The summed E-state index contributed by atoms with van der Waals surface area (Å²) in [4.78, 5) is 17.7. The Kier molecular flexibility index (Phi) is 4.35. The molecule has 1 aliphatic rings. The summed E-state index contributed by atoms with van der Waals surface area (Å²) < 4.78 is 0. The van der Waals surface area contributed by atoms with Crippen molar-refractivity contribution >= 4 is 23.3 Å². The number of halogens is 1. The van der Waals surface area contributed by atoms with Crippen molar-refractivity contribution in [2.75, 3.05) is 25.1 Å². The van der Waals surface area contributed by atoms with Crippen LogP contribution in [0.3, 0.4) is 0 Å². The quantitative estimate of drug-likeness (QED) is 0.545. The van der Waals surface area contributed by atoms with Gasteiger partial charge in [-0.2, -0.15) is 0 Å². The monoisotopic (exact) mass is 269 g/mol. The standard InChI is InChI=1S/C11H16ClN5O/c12-8-1-2-10(16-13)15-9(8)7-17-5-3-11(18)14-4-6-17/h1-2H,3-7,13H2,(H,14,18)(H,15,16). The topological polar surface area (TPSA) is 83.3 Å². The van der Waals surface area contributed by atoms with Crippen LogP contribution in [0.1, 0.15) is 12.1 Å². The van der Waals surface area contributed by atoms with Gasteiger partial charge in [0.05, 0.1) is 10.7 Å². The molecule has 2 heterocycles. The Morgan fingerprint density at radius 3 is 3.11 bits per heavy atom. The zero-order valence-corrected chi connectivity index (χ0v) is 10.7. The van der Waals surface area contributed by atoms with Crippen molar-refractivity contribution in [2.45, 2.75) is 13.0 Å². The third-order valence-electron chi connectivity index (χ3n) is 2.85. The predicted octanol–water partition coefficient (Wildman–Crippen LogP) is 0.342. The number of nitrogens with zero attached hydrogens (tertiary/aromatic N) is 2. The molecule has 0 bridgehead atoms. The second kappa shape index (κ2) is 5.99. The van der Waals surface area contributed by atoms with E-state index in [1.165, 1.54) is 0 Å². The average Bonchev–Trinajstić information content (AvgIpc) is 2.57. The number of nitrogens with one attached hydrogen (secondary N) is 2. The molecule has 0 saturated carbocycles. The van der Waals surface area contributed by atoms with Gasteiger partial charge in [0.1, 0.15) is 5.82 Å². The lowest BCUT2D eigenvalue weighted by Gasteiger charge is -2.19. The van der Waals surface area contributed by atoms with Crippen LogP contribution < -0.4 is 16.6 Å². The number of amides is 1. The number of hydrazine groups is 1. The van der Waals surface area contributed by atoms with Gasteiger partial charge in [-0.25, -0.2) is 10.8 Å². The summed E-state index contributed by atoms with van der Waals surface area (Å²) in [5.41, 5.74) is 3.26. The zero-order valence-electron chi connectivity index (χ0n) is 9.95. The van der Waals surface area contributed by atoms with E-state index in [4.69, 9.17) is 17.4 Å². The number of carbonyl (C=O) groups excluding carboxylic acids is 1. The van der Waals surface area contributed by atoms with E-state index in [1.807, 2.05) is 0 Å². The molecule has 98 valence electrons. The second-order valence-corrected chi connectivity index (χ2v) is 4.55. The van der Waals surface area contributed by atoms with Gasteiger partial charge >= 0.3 is 0 Å². The van der Waals surface area contributed by atoms with Crippen LogP contribution in [0, 0.1) is 0 Å². The van der Waals surface area contributed by atoms with Crippen LogP contribution in [0.4, 0.5) is 5.82 Å². The first-order valence-electron chi connectivity index (χ1n) is 5.80. The van der Waals surface area contributed by atoms with E-state index in [0.29, 0.717) is 36.9 Å². The number of aromatic nitrogens is 1. The van der Waals surface area contributed by atoms with Crippen LogP contribution >= 0.6 is 11.6 Å². The Morgan fingerprint density at radius 1 is 1.50 bits per heavy atom. The molecule has 6 nitrogen and oxygen atoms in total. The van der Waals surface area contributed by atoms with Crippen molar-refractivity contribution in [3.8, 4) is 0 Å². The van der Waals surface area contributed by atoms with Gasteiger partial charge in [0.25, 0.3) is 0 Å². The molecule has 2 rings (SSSR count). The molecule has 0 aromatic carbocycles. The molecule has 4 N–H and O–H groups in total. The normalized spacial score (nSPS) is 17.1. The fourth-order valence-corrected chi connectivity index (χ4v) is 2.02. The highest BCUT2D eigenvalue weighted by atomic mass is 35.5. The minimum absolute atomic E-state index is 0.0916. The number of anilines is 1. The molecule has 0 unspecified atom stereocenters. The van der Waals surface area contributed by atoms with Crippen LogP contribution in [0.2, 0.25) is 5.02 Å². The van der Waals surface area contributed by atoms with E-state index < -0.39 is 0 Å². The van der Waals surface area contributed by atoms with E-state index in [1.54, 1.807) is 12.1 Å². The number of rotatable bonds is 3. The Hall–Kier alpha value is -1.37. The molecule has 0 aliphatic carbocycles. The lowest BCUT2D eigenvalue weighted by atomic mass is 10.3. The molecule has 0 radical (unpaired) electrons. The van der Waals surface area contributed by atoms with Gasteiger partial charge in [-0.1, -0.05) is 11.6 Å². The number of carbonyl (C=O) groups is 1. The summed E-state index contributed by atoms with van der Waals surface area (Å²) in [5.74, 6) is 5.99. The lowest BCUT2D eigenvalue weighted by molar-refractivity contribution is -0.120. The Morgan fingerprint density at radius 2 is 2.33 bits per heavy atom. The summed E-state index contributed by atoms with van der Waals surface area (Å²) in [5, 5.41) is 3.44. The minimum atomic E-state index is 0.0916. The Balaban J connectivity index is 2.05. The summed E-state index contributed by atoms with van der Waals surface area (Å²) in [6, 6.07) is 3.49. The highest BCUT2D eigenvalue weighted by molar-refractivity contribution is 6.31. The molecule has 1 saturated heterocycles. The van der Waals surface area contributed by atoms with Gasteiger partial charge in [-0.3, -0.25) is 9.69 Å². The number of nitrogen functional groups attached to an aromatic ring is 1. The van der Waals surface area contributed by atoms with Gasteiger partial charge < -0.3 is 10.7 Å². The fourth-order valence-electron chi connectivity index (χ4n) is 1.86. The zero-order chi connectivity index (χ0) is 13.0. The van der Waals surface area contributed by atoms with Gasteiger partial charge in [0, 0.05) is 32.6 Å². The number of hydrogen-bond acceptors (Lipinski definition) is 5. The fraction of sp³-hybridized carbons (Fsp3) is 0.455. The minimum Gasteiger partial charge on any atom is -0.355 e. The van der Waals surface area contributed by atoms with Crippen molar-refractivity contribution in [1.82, 2.24) is 15.2 Å². The molecule has 0 atom stereocenters. The number of nitrogens with two attached hydrogens (primary N) is 1. The molecule has 1 amide bonds. The van der Waals surface area contributed by atoms with Crippen LogP contribution in [0.15, 0.2) is 12.1 Å². The van der Waals surface area contributed by atoms with Gasteiger partial charge in [0.2, 0.25) is 5.91 Å². The largest absolute Gasteiger partial charge is 0.355 e. The van der Waals surface area contributed by atoms with Crippen molar-refractivity contribution in [1.29, 1.82) is 0 Å². The summed E-state index contributed by atoms with van der Waals surface area (Å²) in [6.07, 6.45) is 0.506. The van der Waals surface area contributed by atoms with E-state index in [0.717, 1.165) is 12.2 Å². The number of pyridine rings is 1. The van der Waals surface area contributed by atoms with E-state index >= 15 is 0 Å². The molecule has 0 spiro atoms. The highest BCUT2D eigenvalue weighted by Crippen LogP contribution is 2.18. The first-order chi connectivity index (χ1) is 8.69. The predicted molar refractivity (Wildman–Crippen MR) is 70.0 cm³/mol. The van der Waals surface area contributed by atoms with Crippen LogP contribution in [0.25, 0.3) is 0 Å². The first-order valence-corrected chi connectivity index (χ1v) is 6.18. The van der Waals surface area contributed by atoms with E-state index in [9.17, 15) is 4.79 Å². The van der Waals surface area contributed by atoms with E-state index in [-0.39, 0.29) is 5.91 Å². The van der Waals surface area contributed by atoms with Crippen molar-refractivity contribution in [3.05, 3.63) is 22.8 Å². The van der Waals surface area contributed by atoms with Gasteiger partial charge in [-0.05, 0) is 12.1 Å². The van der Waals surface area contributed by atoms with E-state index in [2.05, 4.69) is 20.6 Å². The maximum atomic E-state index is 11.2. The van der Waals surface area contributed by atoms with Crippen molar-refractivity contribution in [2.24, 2.45) is 5.84 Å². The van der Waals surface area contributed by atoms with Gasteiger partial charge in [-0.15, -0.1) is 0 Å². The average molecular weight is 270 g/mol. The third kappa shape index (κ3) is 3.32. The molecule has 7 heteroatoms. The molecule has 1 aliphatic heterocycles. The van der Waals surface area contributed by atoms with Gasteiger partial charge in [0.15, 0.2) is 0 Å². The summed E-state index contributed by atoms with van der Waals surface area (Å²) >= 11 is 6.10. The molecule has 18 heavy (non-hydrogen) atoms. The smallest absolute Gasteiger partial charge is 0.221 e. The molecule has 1 fully saturated rings. The second-order valence-electron chi connectivity index (χ2n) is 4.15. The summed E-state index contributed by atoms with van der Waals surface area (Å²) in [7, 11) is 0. The summed E-state index contributed by atoms with van der Waals surface area (Å²) in [6.45, 7) is 2.78. The van der Waals surface area contributed by atoms with Crippen molar-refractivity contribution < 1.29 is 4.79 Å². The molecular formula is C11H16ClN5O. The van der Waals surface area contributed by atoms with Crippen LogP contribution in [-0.2, 0) is 11.3 Å². The number of hydrogen-bond donors (Lipinski definition) is 3. The molecule has 1 aromatic heterocycles. The first kappa shape index (κ1) is 13.1. The maximum Gasteiger partial charge on any atom is 0.221 e. The lowest BCUT2D eigenvalue weighted by Crippen LogP contribution is -2.28. The molecular weight excluding hydrogens is 254 g/mol. The Bertz CT molecular complexity index is 439. The van der Waals surface area contributed by atoms with Crippen LogP contribution in [0.5, 0.6) is 0 Å². The Labute approximate surface area is 110 Å². The maximum absolute atomic E-state index is 11.2. The SMILES string of the molecule is NNc1ccc(Cl)c(CN2CCNC(=O)CC2)n1. The van der Waals surface area contributed by atoms with Crippen molar-refractivity contribution in [3.63, 3.8) is 0 Å². The van der Waals surface area contributed by atoms with Crippen LogP contribution in [-0.4, -0.2) is 35.4 Å². The third-order valence-corrected chi connectivity index (χ3v) is 3.19.